The molecule has 0 aliphatic carbocycles. The minimum atomic E-state index is -4.63. The second-order valence-corrected chi connectivity index (χ2v) is 10.6. The van der Waals surface area contributed by atoms with Gasteiger partial charge in [-0.2, -0.15) is 22.6 Å². The van der Waals surface area contributed by atoms with Crippen LogP contribution in [0.1, 0.15) is 48.3 Å². The molecular formula is C23H23F3N4O3S. The number of rotatable bonds is 4. The van der Waals surface area contributed by atoms with E-state index in [0.29, 0.717) is 25.3 Å². The van der Waals surface area contributed by atoms with E-state index in [2.05, 4.69) is 5.10 Å². The Bertz CT molecular complexity index is 1360. The number of piperidine rings is 1. The third-order valence-electron chi connectivity index (χ3n) is 6.61. The lowest BCUT2D eigenvalue weighted by Gasteiger charge is -2.31. The Kier molecular flexibility index (Phi) is 5.64. The lowest BCUT2D eigenvalue weighted by molar-refractivity contribution is -0.137. The molecule has 3 heterocycles. The van der Waals surface area contributed by atoms with Crippen LogP contribution in [0.5, 0.6) is 0 Å². The monoisotopic (exact) mass is 492 g/mol. The maximum Gasteiger partial charge on any atom is 0.416 e. The second-order valence-electron chi connectivity index (χ2n) is 8.64. The first-order valence-electron chi connectivity index (χ1n) is 11.1. The summed E-state index contributed by atoms with van der Waals surface area (Å²) in [6.07, 6.45) is -2.44. The summed E-state index contributed by atoms with van der Waals surface area (Å²) in [6, 6.07) is 13.2. The molecule has 1 fully saturated rings. The van der Waals surface area contributed by atoms with Crippen LogP contribution in [0, 0.1) is 0 Å². The number of aromatic nitrogens is 3. The number of halogens is 3. The number of hydrogen-bond donors (Lipinski definition) is 0. The molecule has 3 aromatic rings. The van der Waals surface area contributed by atoms with Gasteiger partial charge in [0.15, 0.2) is 0 Å². The van der Waals surface area contributed by atoms with E-state index in [-0.39, 0.29) is 35.8 Å². The van der Waals surface area contributed by atoms with Gasteiger partial charge in [0.1, 0.15) is 5.82 Å². The molecule has 1 aromatic heterocycles. The fraction of sp³-hybridized carbons (Fsp3) is 0.391. The van der Waals surface area contributed by atoms with Gasteiger partial charge >= 0.3 is 11.9 Å². The smallest absolute Gasteiger partial charge is 0.271 e. The van der Waals surface area contributed by atoms with Crippen LogP contribution in [0.15, 0.2) is 64.3 Å². The standard InChI is InChI=1S/C23H23F3N4O3S/c24-23(25,26)17-7-4-8-19(15-17)34(32,33)28-13-11-18(12-14-28)30-22(31)29-20(9-10-21(29)27-30)16-5-2-1-3-6-16/h1-8,15,18,20H,9-14H2/t20-/m0/s1. The van der Waals surface area contributed by atoms with Crippen LogP contribution in [0.2, 0.25) is 0 Å². The topological polar surface area (TPSA) is 77.2 Å². The predicted molar refractivity (Wildman–Crippen MR) is 118 cm³/mol. The molecule has 0 radical (unpaired) electrons. The maximum atomic E-state index is 13.2. The van der Waals surface area contributed by atoms with Crippen molar-refractivity contribution in [3.05, 3.63) is 82.0 Å². The fourth-order valence-electron chi connectivity index (χ4n) is 4.85. The van der Waals surface area contributed by atoms with Gasteiger partial charge in [-0.3, -0.25) is 4.57 Å². The number of benzene rings is 2. The largest absolute Gasteiger partial charge is 0.416 e. The van der Waals surface area contributed by atoms with E-state index in [9.17, 15) is 26.4 Å². The first-order chi connectivity index (χ1) is 16.2. The molecule has 2 aliphatic heterocycles. The van der Waals surface area contributed by atoms with E-state index in [1.54, 1.807) is 4.57 Å². The van der Waals surface area contributed by atoms with Gasteiger partial charge in [-0.25, -0.2) is 17.9 Å². The lowest BCUT2D eigenvalue weighted by atomic mass is 10.1. The molecule has 34 heavy (non-hydrogen) atoms. The van der Waals surface area contributed by atoms with E-state index in [1.165, 1.54) is 15.1 Å². The van der Waals surface area contributed by atoms with E-state index >= 15 is 0 Å². The first-order valence-corrected chi connectivity index (χ1v) is 12.5. The van der Waals surface area contributed by atoms with E-state index in [1.807, 2.05) is 30.3 Å². The van der Waals surface area contributed by atoms with Crippen LogP contribution in [0.4, 0.5) is 13.2 Å². The number of nitrogens with zero attached hydrogens (tertiary/aromatic N) is 4. The zero-order chi connectivity index (χ0) is 24.1. The zero-order valence-corrected chi connectivity index (χ0v) is 19.0. The van der Waals surface area contributed by atoms with Crippen LogP contribution in [0.3, 0.4) is 0 Å². The van der Waals surface area contributed by atoms with Gasteiger partial charge in [-0.1, -0.05) is 36.4 Å². The third kappa shape index (κ3) is 3.96. The third-order valence-corrected chi connectivity index (χ3v) is 8.50. The van der Waals surface area contributed by atoms with E-state index in [4.69, 9.17) is 0 Å². The Morgan fingerprint density at radius 2 is 1.65 bits per heavy atom. The molecule has 0 spiro atoms. The van der Waals surface area contributed by atoms with Crippen LogP contribution < -0.4 is 5.69 Å². The van der Waals surface area contributed by atoms with Crippen LogP contribution in [0.25, 0.3) is 0 Å². The molecule has 1 atom stereocenters. The average Bonchev–Trinajstić information content (AvgIpc) is 3.39. The summed E-state index contributed by atoms with van der Waals surface area (Å²) < 4.78 is 69.4. The van der Waals surface area contributed by atoms with Gasteiger partial charge in [0.25, 0.3) is 0 Å². The molecule has 0 bridgehead atoms. The highest BCUT2D eigenvalue weighted by molar-refractivity contribution is 7.89. The predicted octanol–water partition coefficient (Wildman–Crippen LogP) is 3.63. The molecule has 0 saturated carbocycles. The summed E-state index contributed by atoms with van der Waals surface area (Å²) in [6.45, 7) is 0.194. The SMILES string of the molecule is O=c1n(C2CCN(S(=O)(=O)c3cccc(C(F)(F)F)c3)CC2)nc2n1[C@H](c1ccccc1)CC2. The fourth-order valence-corrected chi connectivity index (χ4v) is 6.37. The van der Waals surface area contributed by atoms with E-state index in [0.717, 1.165) is 29.9 Å². The van der Waals surface area contributed by atoms with Gasteiger partial charge in [0.2, 0.25) is 10.0 Å². The molecule has 11 heteroatoms. The molecule has 5 rings (SSSR count). The lowest BCUT2D eigenvalue weighted by Crippen LogP contribution is -2.41. The maximum absolute atomic E-state index is 13.2. The quantitative estimate of drug-likeness (QED) is 0.558. The molecule has 180 valence electrons. The van der Waals surface area contributed by atoms with Crippen molar-refractivity contribution in [3.8, 4) is 0 Å². The van der Waals surface area contributed by atoms with Crippen molar-refractivity contribution in [1.29, 1.82) is 0 Å². The summed E-state index contributed by atoms with van der Waals surface area (Å²) in [5, 5.41) is 4.55. The highest BCUT2D eigenvalue weighted by Crippen LogP contribution is 2.33. The highest BCUT2D eigenvalue weighted by Gasteiger charge is 2.36. The van der Waals surface area contributed by atoms with Crippen molar-refractivity contribution in [2.24, 2.45) is 0 Å². The minimum absolute atomic E-state index is 0.0705. The second kappa shape index (κ2) is 8.38. The number of sulfonamides is 1. The first kappa shape index (κ1) is 22.9. The minimum Gasteiger partial charge on any atom is -0.271 e. The van der Waals surface area contributed by atoms with Gasteiger partial charge < -0.3 is 0 Å². The number of alkyl halides is 3. The highest BCUT2D eigenvalue weighted by atomic mass is 32.2. The molecule has 1 saturated heterocycles. The molecule has 0 N–H and O–H groups in total. The Morgan fingerprint density at radius 3 is 2.32 bits per heavy atom. The normalized spacial score (nSPS) is 19.9. The summed E-state index contributed by atoms with van der Waals surface area (Å²) in [5.74, 6) is 0.720. The summed E-state index contributed by atoms with van der Waals surface area (Å²) in [7, 11) is -4.08. The Balaban J connectivity index is 1.34. The Hall–Kier alpha value is -2.92. The zero-order valence-electron chi connectivity index (χ0n) is 18.1. The Labute approximate surface area is 194 Å². The van der Waals surface area contributed by atoms with Gasteiger partial charge in [-0.15, -0.1) is 0 Å². The van der Waals surface area contributed by atoms with Crippen LogP contribution >= 0.6 is 0 Å². The van der Waals surface area contributed by atoms with Crippen molar-refractivity contribution in [2.75, 3.05) is 13.1 Å². The molecule has 0 amide bonds. The number of aryl methyl sites for hydroxylation is 1. The van der Waals surface area contributed by atoms with Crippen LogP contribution in [-0.4, -0.2) is 40.2 Å². The molecule has 7 nitrogen and oxygen atoms in total. The number of fused-ring (bicyclic) bond motifs is 1. The van der Waals surface area contributed by atoms with Crippen molar-refractivity contribution in [3.63, 3.8) is 0 Å². The van der Waals surface area contributed by atoms with Crippen molar-refractivity contribution >= 4 is 10.0 Å². The average molecular weight is 493 g/mol. The van der Waals surface area contributed by atoms with Crippen molar-refractivity contribution < 1.29 is 21.6 Å². The molecule has 2 aliphatic rings. The van der Waals surface area contributed by atoms with Crippen LogP contribution in [-0.2, 0) is 22.6 Å². The Morgan fingerprint density at radius 1 is 0.941 bits per heavy atom. The van der Waals surface area contributed by atoms with Gasteiger partial charge in [-0.05, 0) is 43.0 Å². The molecule has 2 aromatic carbocycles. The molecular weight excluding hydrogens is 469 g/mol. The summed E-state index contributed by atoms with van der Waals surface area (Å²) in [4.78, 5) is 12.8. The van der Waals surface area contributed by atoms with E-state index < -0.39 is 21.8 Å². The van der Waals surface area contributed by atoms with Crippen molar-refractivity contribution in [2.45, 2.75) is 48.8 Å². The number of hydrogen-bond acceptors (Lipinski definition) is 4. The van der Waals surface area contributed by atoms with Crippen molar-refractivity contribution in [1.82, 2.24) is 18.7 Å². The summed E-state index contributed by atoms with van der Waals surface area (Å²) >= 11 is 0. The van der Waals surface area contributed by atoms with Gasteiger partial charge in [0, 0.05) is 19.5 Å². The molecule has 0 unspecified atom stereocenters. The van der Waals surface area contributed by atoms with Gasteiger partial charge in [0.05, 0.1) is 22.5 Å². The summed E-state index contributed by atoms with van der Waals surface area (Å²) in [5.41, 5.74) is -0.166.